The van der Waals surface area contributed by atoms with Gasteiger partial charge in [0, 0.05) is 25.0 Å². The molecule has 274 valence electrons. The Balaban J connectivity index is 1.57. The normalized spacial score (nSPS) is 10.8. The Bertz CT molecular complexity index is 2780. The summed E-state index contributed by atoms with van der Waals surface area (Å²) in [5.41, 5.74) is 10.4. The van der Waals surface area contributed by atoms with E-state index in [1.165, 1.54) is 13.8 Å². The molecule has 0 aliphatic rings. The first kappa shape index (κ1) is 36.9. The Hall–Kier alpha value is -7.42. The quantitative estimate of drug-likeness (QED) is 0.151. The summed E-state index contributed by atoms with van der Waals surface area (Å²) < 4.78 is 11.7. The third-order valence-electron chi connectivity index (χ3n) is 10.0. The molecule has 56 heavy (non-hydrogen) atoms. The summed E-state index contributed by atoms with van der Waals surface area (Å²) in [6, 6.07) is 37.6. The molecular formula is C48H38N4O4. The van der Waals surface area contributed by atoms with Crippen molar-refractivity contribution in [2.45, 2.75) is 27.7 Å². The summed E-state index contributed by atoms with van der Waals surface area (Å²) in [7, 11) is 3.13. The number of nitriles is 1. The van der Waals surface area contributed by atoms with Crippen LogP contribution in [0.15, 0.2) is 109 Å². The van der Waals surface area contributed by atoms with Crippen LogP contribution < -0.4 is 20.1 Å². The zero-order valence-electron chi connectivity index (χ0n) is 31.9. The summed E-state index contributed by atoms with van der Waals surface area (Å²) >= 11 is 0. The van der Waals surface area contributed by atoms with E-state index in [2.05, 4.69) is 39.7 Å². The number of carbonyl (C=O) groups excluding carboxylic acids is 2. The van der Waals surface area contributed by atoms with Gasteiger partial charge < -0.3 is 20.1 Å². The number of benzene rings is 7. The highest BCUT2D eigenvalue weighted by Crippen LogP contribution is 2.50. The van der Waals surface area contributed by atoms with Gasteiger partial charge in [0.25, 0.3) is 0 Å². The maximum atomic E-state index is 13.1. The fourth-order valence-corrected chi connectivity index (χ4v) is 7.89. The van der Waals surface area contributed by atoms with Gasteiger partial charge in [-0.3, -0.25) is 9.59 Å². The van der Waals surface area contributed by atoms with Crippen LogP contribution in [0.1, 0.15) is 30.5 Å². The van der Waals surface area contributed by atoms with E-state index in [1.54, 1.807) is 26.4 Å². The molecule has 2 N–H and O–H groups in total. The molecule has 7 aromatic carbocycles. The second-order valence-corrected chi connectivity index (χ2v) is 13.6. The fourth-order valence-electron chi connectivity index (χ4n) is 7.89. The molecule has 0 radical (unpaired) electrons. The highest BCUT2D eigenvalue weighted by Gasteiger charge is 2.24. The number of nitrogens with one attached hydrogen (secondary N) is 2. The van der Waals surface area contributed by atoms with Crippen LogP contribution in [0, 0.1) is 31.8 Å². The van der Waals surface area contributed by atoms with Crippen molar-refractivity contribution in [1.82, 2.24) is 0 Å². The lowest BCUT2D eigenvalue weighted by molar-refractivity contribution is -0.115. The van der Waals surface area contributed by atoms with E-state index in [1.807, 2.05) is 92.7 Å². The van der Waals surface area contributed by atoms with Crippen LogP contribution in [0.25, 0.3) is 70.9 Å². The maximum absolute atomic E-state index is 13.1. The molecule has 7 rings (SSSR count). The van der Waals surface area contributed by atoms with Crippen molar-refractivity contribution in [3.63, 3.8) is 0 Å². The van der Waals surface area contributed by atoms with Gasteiger partial charge in [-0.25, -0.2) is 4.85 Å². The van der Waals surface area contributed by atoms with Crippen molar-refractivity contribution in [2.75, 3.05) is 24.9 Å². The summed E-state index contributed by atoms with van der Waals surface area (Å²) in [5.74, 6) is 0.347. The van der Waals surface area contributed by atoms with Crippen LogP contribution in [0.5, 0.6) is 11.5 Å². The average Bonchev–Trinajstić information content (AvgIpc) is 3.19. The molecule has 0 spiro atoms. The molecule has 8 heteroatoms. The molecule has 0 aliphatic heterocycles. The van der Waals surface area contributed by atoms with Gasteiger partial charge in [-0.15, -0.1) is 0 Å². The predicted octanol–water partition coefficient (Wildman–Crippen LogP) is 11.6. The summed E-state index contributed by atoms with van der Waals surface area (Å²) in [6.45, 7) is 14.6. The van der Waals surface area contributed by atoms with Gasteiger partial charge in [-0.1, -0.05) is 84.9 Å². The molecule has 0 unspecified atom stereocenters. The van der Waals surface area contributed by atoms with E-state index in [-0.39, 0.29) is 11.8 Å². The minimum atomic E-state index is -0.309. The standard InChI is InChI=1S/C48H38N4O4/c1-27-22-31(26-49)23-28(2)43(27)39-18-10-14-32-12-8-16-35(44(32)39)37-20-21-38(48(52-30(4)54)47(37)51-29(3)53)36-17-9-13-33-15-11-19-40(45(33)36)46-41(55-6)24-34(50-5)25-42(46)56-7/h8-25H,1-4,6-7H3,(H,51,53)(H,52,54). The molecule has 0 saturated heterocycles. The Labute approximate surface area is 325 Å². The molecule has 0 aromatic heterocycles. The molecule has 0 saturated carbocycles. The number of carbonyl (C=O) groups is 2. The number of amides is 2. The van der Waals surface area contributed by atoms with Gasteiger partial charge >= 0.3 is 0 Å². The number of fused-ring (bicyclic) bond motifs is 2. The molecule has 0 bridgehead atoms. The zero-order valence-corrected chi connectivity index (χ0v) is 31.9. The van der Waals surface area contributed by atoms with E-state index in [0.29, 0.717) is 50.8 Å². The minimum Gasteiger partial charge on any atom is -0.497 e. The van der Waals surface area contributed by atoms with E-state index < -0.39 is 0 Å². The van der Waals surface area contributed by atoms with Crippen molar-refractivity contribution < 1.29 is 19.1 Å². The molecule has 0 fully saturated rings. The molecule has 2 amide bonds. The Morgan fingerprint density at radius 1 is 0.607 bits per heavy atom. The number of ether oxygens (including phenoxy) is 2. The van der Waals surface area contributed by atoms with Crippen LogP contribution in [0.2, 0.25) is 0 Å². The van der Waals surface area contributed by atoms with Gasteiger partial charge in [0.2, 0.25) is 11.8 Å². The first-order chi connectivity index (χ1) is 27.1. The number of aryl methyl sites for hydroxylation is 2. The van der Waals surface area contributed by atoms with E-state index in [4.69, 9.17) is 16.0 Å². The Morgan fingerprint density at radius 3 is 1.39 bits per heavy atom. The molecule has 7 aromatic rings. The molecular weight excluding hydrogens is 697 g/mol. The van der Waals surface area contributed by atoms with Gasteiger partial charge in [-0.2, -0.15) is 5.26 Å². The lowest BCUT2D eigenvalue weighted by Gasteiger charge is -2.23. The first-order valence-corrected chi connectivity index (χ1v) is 18.0. The van der Waals surface area contributed by atoms with Crippen LogP contribution in [-0.2, 0) is 9.59 Å². The number of nitrogens with zero attached hydrogens (tertiary/aromatic N) is 2. The van der Waals surface area contributed by atoms with Crippen molar-refractivity contribution >= 4 is 50.4 Å². The van der Waals surface area contributed by atoms with Gasteiger partial charge in [0.05, 0.1) is 49.4 Å². The SMILES string of the molecule is [C-]#[N+]c1cc(OC)c(-c2cccc3cccc(-c4ccc(-c5cccc6cccc(-c7c(C)cc(C#N)cc7C)c56)c(NC(C)=O)c4NC(C)=O)c23)c(OC)c1. The highest BCUT2D eigenvalue weighted by molar-refractivity contribution is 6.17. The number of rotatable bonds is 8. The molecule has 0 atom stereocenters. The van der Waals surface area contributed by atoms with Crippen molar-refractivity contribution in [1.29, 1.82) is 5.26 Å². The molecule has 0 heterocycles. The average molecular weight is 735 g/mol. The number of hydrogen-bond donors (Lipinski definition) is 2. The maximum Gasteiger partial charge on any atom is 0.221 e. The predicted molar refractivity (Wildman–Crippen MR) is 225 cm³/mol. The van der Waals surface area contributed by atoms with Crippen LogP contribution in [0.3, 0.4) is 0 Å². The van der Waals surface area contributed by atoms with Gasteiger partial charge in [-0.05, 0) is 98.6 Å². The first-order valence-electron chi connectivity index (χ1n) is 18.0. The van der Waals surface area contributed by atoms with Crippen molar-refractivity contribution in [3.05, 3.63) is 137 Å². The fraction of sp³-hybridized carbons (Fsp3) is 0.125. The van der Waals surface area contributed by atoms with Gasteiger partial charge in [0.15, 0.2) is 5.69 Å². The second-order valence-electron chi connectivity index (χ2n) is 13.6. The monoisotopic (exact) mass is 734 g/mol. The van der Waals surface area contributed by atoms with Crippen LogP contribution >= 0.6 is 0 Å². The van der Waals surface area contributed by atoms with E-state index >= 15 is 0 Å². The molecule has 0 aliphatic carbocycles. The summed E-state index contributed by atoms with van der Waals surface area (Å²) in [4.78, 5) is 29.9. The number of hydrogen-bond acceptors (Lipinski definition) is 5. The lowest BCUT2D eigenvalue weighted by atomic mass is 9.85. The minimum absolute atomic E-state index is 0.303. The smallest absolute Gasteiger partial charge is 0.221 e. The number of methoxy groups -OCH3 is 2. The Kier molecular flexibility index (Phi) is 9.98. The summed E-state index contributed by atoms with van der Waals surface area (Å²) in [5, 5.41) is 19.6. The summed E-state index contributed by atoms with van der Waals surface area (Å²) in [6.07, 6.45) is 0. The number of anilines is 2. The lowest BCUT2D eigenvalue weighted by Crippen LogP contribution is -2.14. The van der Waals surface area contributed by atoms with Crippen LogP contribution in [-0.4, -0.2) is 26.0 Å². The topological polar surface area (TPSA) is 105 Å². The second kappa shape index (κ2) is 15.1. The largest absolute Gasteiger partial charge is 0.497 e. The van der Waals surface area contributed by atoms with Crippen molar-refractivity contribution in [3.8, 4) is 62.1 Å². The molecule has 8 nitrogen and oxygen atoms in total. The zero-order chi connectivity index (χ0) is 39.7. The Morgan fingerprint density at radius 2 is 1.02 bits per heavy atom. The van der Waals surface area contributed by atoms with E-state index in [9.17, 15) is 14.9 Å². The van der Waals surface area contributed by atoms with Crippen molar-refractivity contribution in [2.24, 2.45) is 0 Å². The third kappa shape index (κ3) is 6.55. The van der Waals surface area contributed by atoms with E-state index in [0.717, 1.165) is 60.5 Å². The highest BCUT2D eigenvalue weighted by atomic mass is 16.5. The van der Waals surface area contributed by atoms with Gasteiger partial charge in [0.1, 0.15) is 11.5 Å². The third-order valence-corrected chi connectivity index (χ3v) is 10.0. The van der Waals surface area contributed by atoms with Crippen LogP contribution in [0.4, 0.5) is 17.1 Å².